The standard InChI is InChI=1S/C16H19N3O5S/c1-8-13-11(20)6-5-7-12(13)24-14(8)16(21)18-25(22,23)15-9(2)17-19(4)10(15)3/h5-7H2,1-4H3,(H,18,21). The van der Waals surface area contributed by atoms with Gasteiger partial charge in [0.15, 0.2) is 11.5 Å². The number of hydrogen-bond acceptors (Lipinski definition) is 6. The molecule has 0 unspecified atom stereocenters. The summed E-state index contributed by atoms with van der Waals surface area (Å²) in [5.74, 6) is -0.654. The van der Waals surface area contributed by atoms with Crippen molar-refractivity contribution in [2.45, 2.75) is 44.9 Å². The van der Waals surface area contributed by atoms with Crippen LogP contribution in [0.25, 0.3) is 0 Å². The van der Waals surface area contributed by atoms with E-state index >= 15 is 0 Å². The highest BCUT2D eigenvalue weighted by Crippen LogP contribution is 2.29. The number of carbonyl (C=O) groups excluding carboxylic acids is 2. The minimum Gasteiger partial charge on any atom is -0.455 e. The summed E-state index contributed by atoms with van der Waals surface area (Å²) in [6.45, 7) is 4.75. The van der Waals surface area contributed by atoms with E-state index in [-0.39, 0.29) is 16.4 Å². The lowest BCUT2D eigenvalue weighted by molar-refractivity contribution is 0.0944. The van der Waals surface area contributed by atoms with E-state index in [0.717, 1.165) is 0 Å². The molecule has 0 aromatic carbocycles. The molecular weight excluding hydrogens is 346 g/mol. The van der Waals surface area contributed by atoms with Crippen LogP contribution < -0.4 is 4.72 Å². The van der Waals surface area contributed by atoms with Crippen molar-refractivity contribution in [2.75, 3.05) is 0 Å². The van der Waals surface area contributed by atoms with Gasteiger partial charge in [0.2, 0.25) is 0 Å². The minimum absolute atomic E-state index is 0.0339. The summed E-state index contributed by atoms with van der Waals surface area (Å²) < 4.78 is 34.1. The van der Waals surface area contributed by atoms with Gasteiger partial charge >= 0.3 is 5.91 Å². The Hall–Kier alpha value is -2.42. The molecule has 3 rings (SSSR count). The zero-order chi connectivity index (χ0) is 18.5. The zero-order valence-electron chi connectivity index (χ0n) is 14.5. The van der Waals surface area contributed by atoms with Gasteiger partial charge in [-0.3, -0.25) is 14.3 Å². The van der Waals surface area contributed by atoms with Crippen LogP contribution in [0.5, 0.6) is 0 Å². The number of carbonyl (C=O) groups is 2. The van der Waals surface area contributed by atoms with Crippen molar-refractivity contribution in [3.8, 4) is 0 Å². The molecule has 25 heavy (non-hydrogen) atoms. The highest BCUT2D eigenvalue weighted by atomic mass is 32.2. The maximum atomic E-state index is 12.6. The lowest BCUT2D eigenvalue weighted by Crippen LogP contribution is -2.31. The van der Waals surface area contributed by atoms with E-state index in [1.54, 1.807) is 27.8 Å². The van der Waals surface area contributed by atoms with Crippen LogP contribution in [0.4, 0.5) is 0 Å². The van der Waals surface area contributed by atoms with Gasteiger partial charge in [-0.2, -0.15) is 5.10 Å². The third-order valence-corrected chi connectivity index (χ3v) is 6.03. The number of aromatic nitrogens is 2. The number of rotatable bonds is 3. The predicted octanol–water partition coefficient (Wildman–Crippen LogP) is 1.58. The quantitative estimate of drug-likeness (QED) is 0.884. The van der Waals surface area contributed by atoms with Crippen LogP contribution in [0.15, 0.2) is 9.31 Å². The van der Waals surface area contributed by atoms with E-state index in [9.17, 15) is 18.0 Å². The van der Waals surface area contributed by atoms with Crippen molar-refractivity contribution in [2.24, 2.45) is 7.05 Å². The van der Waals surface area contributed by atoms with Gasteiger partial charge in [-0.05, 0) is 27.2 Å². The van der Waals surface area contributed by atoms with Gasteiger partial charge in [0.05, 0.1) is 17.0 Å². The molecule has 1 aliphatic rings. The van der Waals surface area contributed by atoms with Crippen LogP contribution in [0.2, 0.25) is 0 Å². The number of furan rings is 1. The fourth-order valence-electron chi connectivity index (χ4n) is 3.23. The lowest BCUT2D eigenvalue weighted by Gasteiger charge is -2.07. The molecule has 9 heteroatoms. The second kappa shape index (κ2) is 5.83. The van der Waals surface area contributed by atoms with Gasteiger partial charge in [0.25, 0.3) is 10.0 Å². The number of fused-ring (bicyclic) bond motifs is 1. The third kappa shape index (κ3) is 2.78. The molecule has 0 aliphatic heterocycles. The molecule has 1 aliphatic carbocycles. The minimum atomic E-state index is -4.11. The van der Waals surface area contributed by atoms with Crippen molar-refractivity contribution in [1.82, 2.24) is 14.5 Å². The van der Waals surface area contributed by atoms with E-state index in [2.05, 4.69) is 5.10 Å². The first-order valence-corrected chi connectivity index (χ1v) is 9.34. The normalized spacial score (nSPS) is 14.5. The molecule has 1 N–H and O–H groups in total. The first kappa shape index (κ1) is 17.4. The summed E-state index contributed by atoms with van der Waals surface area (Å²) in [5, 5.41) is 4.06. The predicted molar refractivity (Wildman–Crippen MR) is 88.0 cm³/mol. The number of aryl methyl sites for hydroxylation is 3. The van der Waals surface area contributed by atoms with Crippen molar-refractivity contribution < 1.29 is 22.4 Å². The van der Waals surface area contributed by atoms with E-state index in [1.165, 1.54) is 4.68 Å². The Bertz CT molecular complexity index is 998. The van der Waals surface area contributed by atoms with Gasteiger partial charge in [-0.15, -0.1) is 0 Å². The molecule has 134 valence electrons. The maximum Gasteiger partial charge on any atom is 0.301 e. The molecule has 0 atom stereocenters. The van der Waals surface area contributed by atoms with Gasteiger partial charge in [-0.25, -0.2) is 13.1 Å². The van der Waals surface area contributed by atoms with Crippen LogP contribution in [0.1, 0.15) is 56.5 Å². The van der Waals surface area contributed by atoms with Crippen molar-refractivity contribution in [3.63, 3.8) is 0 Å². The molecule has 8 nitrogen and oxygen atoms in total. The summed E-state index contributed by atoms with van der Waals surface area (Å²) in [5.41, 5.74) is 1.50. The largest absolute Gasteiger partial charge is 0.455 e. The van der Waals surface area contributed by atoms with Crippen LogP contribution in [-0.2, 0) is 23.5 Å². The summed E-state index contributed by atoms with van der Waals surface area (Å²) in [7, 11) is -2.48. The van der Waals surface area contributed by atoms with Crippen molar-refractivity contribution in [3.05, 3.63) is 34.0 Å². The Morgan fingerprint density at radius 2 is 1.92 bits per heavy atom. The van der Waals surface area contributed by atoms with Crippen LogP contribution in [-0.4, -0.2) is 29.9 Å². The van der Waals surface area contributed by atoms with Gasteiger partial charge in [-0.1, -0.05) is 0 Å². The Labute approximate surface area is 145 Å². The maximum absolute atomic E-state index is 12.6. The topological polar surface area (TPSA) is 111 Å². The molecule has 0 saturated carbocycles. The van der Waals surface area contributed by atoms with Crippen molar-refractivity contribution in [1.29, 1.82) is 0 Å². The second-order valence-electron chi connectivity index (χ2n) is 6.19. The van der Waals surface area contributed by atoms with E-state index in [4.69, 9.17) is 4.42 Å². The molecule has 0 bridgehead atoms. The average molecular weight is 365 g/mol. The van der Waals surface area contributed by atoms with E-state index in [0.29, 0.717) is 47.5 Å². The molecule has 0 saturated heterocycles. The monoisotopic (exact) mass is 365 g/mol. The highest BCUT2D eigenvalue weighted by molar-refractivity contribution is 7.90. The van der Waals surface area contributed by atoms with Crippen LogP contribution in [0.3, 0.4) is 0 Å². The number of nitrogens with one attached hydrogen (secondary N) is 1. The molecule has 2 aromatic rings. The SMILES string of the molecule is Cc1nn(C)c(C)c1S(=O)(=O)NC(=O)c1oc2c(c1C)C(=O)CCC2. The number of ketones is 1. The first-order chi connectivity index (χ1) is 11.6. The Balaban J connectivity index is 1.97. The molecule has 2 heterocycles. The van der Waals surface area contributed by atoms with Gasteiger partial charge < -0.3 is 4.42 Å². The summed E-state index contributed by atoms with van der Waals surface area (Å²) >= 11 is 0. The molecular formula is C16H19N3O5S. The number of nitrogens with zero attached hydrogens (tertiary/aromatic N) is 2. The molecule has 0 fully saturated rings. The van der Waals surface area contributed by atoms with Crippen LogP contribution in [0, 0.1) is 20.8 Å². The van der Waals surface area contributed by atoms with Crippen molar-refractivity contribution >= 4 is 21.7 Å². The number of hydrogen-bond donors (Lipinski definition) is 1. The number of sulfonamides is 1. The third-order valence-electron chi connectivity index (χ3n) is 4.45. The Morgan fingerprint density at radius 3 is 2.48 bits per heavy atom. The first-order valence-electron chi connectivity index (χ1n) is 7.86. The molecule has 0 spiro atoms. The fraction of sp³-hybridized carbons (Fsp3) is 0.438. The summed E-state index contributed by atoms with van der Waals surface area (Å²) in [6, 6.07) is 0. The summed E-state index contributed by atoms with van der Waals surface area (Å²) in [6.07, 6.45) is 1.62. The Kier molecular flexibility index (Phi) is 4.06. The second-order valence-corrected chi connectivity index (χ2v) is 7.81. The highest BCUT2D eigenvalue weighted by Gasteiger charge is 2.32. The van der Waals surface area contributed by atoms with E-state index < -0.39 is 15.9 Å². The number of Topliss-reactive ketones (excluding diaryl/α,β-unsaturated/α-hetero) is 1. The fourth-order valence-corrected chi connectivity index (χ4v) is 4.62. The Morgan fingerprint density at radius 1 is 1.24 bits per heavy atom. The summed E-state index contributed by atoms with van der Waals surface area (Å²) in [4.78, 5) is 24.5. The smallest absolute Gasteiger partial charge is 0.301 e. The zero-order valence-corrected chi connectivity index (χ0v) is 15.3. The van der Waals surface area contributed by atoms with Gasteiger partial charge in [0.1, 0.15) is 10.7 Å². The van der Waals surface area contributed by atoms with E-state index in [1.807, 2.05) is 4.72 Å². The molecule has 1 amide bonds. The van der Waals surface area contributed by atoms with Gasteiger partial charge in [0, 0.05) is 25.5 Å². The van der Waals surface area contributed by atoms with Crippen LogP contribution >= 0.6 is 0 Å². The molecule has 2 aromatic heterocycles. The lowest BCUT2D eigenvalue weighted by atomic mass is 9.94. The number of amides is 1. The molecule has 0 radical (unpaired) electrons. The average Bonchev–Trinajstić information content (AvgIpc) is 2.97.